The van der Waals surface area contributed by atoms with Crippen molar-refractivity contribution in [2.24, 2.45) is 5.92 Å². The van der Waals surface area contributed by atoms with Crippen molar-refractivity contribution in [2.45, 2.75) is 91.4 Å². The minimum Gasteiger partial charge on any atom is -0.0888 e. The Morgan fingerprint density at radius 3 is 1.94 bits per heavy atom. The van der Waals surface area contributed by atoms with Gasteiger partial charge in [-0.05, 0) is 18.8 Å². The summed E-state index contributed by atoms with van der Waals surface area (Å²) in [7, 11) is 0. The van der Waals surface area contributed by atoms with E-state index in [0.717, 1.165) is 5.92 Å². The van der Waals surface area contributed by atoms with Crippen LogP contribution in [0.5, 0.6) is 0 Å². The second-order valence-corrected chi connectivity index (χ2v) is 5.48. The van der Waals surface area contributed by atoms with Gasteiger partial charge >= 0.3 is 0 Å². The Balaban J connectivity index is 3.13. The summed E-state index contributed by atoms with van der Waals surface area (Å²) in [5, 5.41) is 0. The van der Waals surface area contributed by atoms with E-state index < -0.39 is 0 Å². The normalized spacial score (nSPS) is 13.4. The average Bonchev–Trinajstić information content (AvgIpc) is 2.33. The maximum Gasteiger partial charge on any atom is -0.0325 e. The van der Waals surface area contributed by atoms with Crippen LogP contribution in [0.1, 0.15) is 91.4 Å². The van der Waals surface area contributed by atoms with E-state index in [4.69, 9.17) is 0 Å². The summed E-state index contributed by atoms with van der Waals surface area (Å²) >= 11 is 0. The molecule has 0 aromatic carbocycles. The molecular formula is C17H34. The summed E-state index contributed by atoms with van der Waals surface area (Å²) < 4.78 is 0. The maximum absolute atomic E-state index is 2.39. The first kappa shape index (κ1) is 16.7. The van der Waals surface area contributed by atoms with Crippen molar-refractivity contribution in [3.63, 3.8) is 0 Å². The van der Waals surface area contributed by atoms with Crippen LogP contribution in [-0.4, -0.2) is 0 Å². The minimum absolute atomic E-state index is 0.887. The highest BCUT2D eigenvalue weighted by Crippen LogP contribution is 2.15. The van der Waals surface area contributed by atoms with Gasteiger partial charge in [0.05, 0.1) is 0 Å². The highest BCUT2D eigenvalue weighted by molar-refractivity contribution is 4.81. The van der Waals surface area contributed by atoms with Gasteiger partial charge in [-0.3, -0.25) is 0 Å². The van der Waals surface area contributed by atoms with E-state index in [1.807, 2.05) is 0 Å². The molecule has 0 N–H and O–H groups in total. The largest absolute Gasteiger partial charge is 0.0888 e. The van der Waals surface area contributed by atoms with Gasteiger partial charge in [0.15, 0.2) is 0 Å². The van der Waals surface area contributed by atoms with Gasteiger partial charge in [-0.2, -0.15) is 0 Å². The van der Waals surface area contributed by atoms with Crippen LogP contribution in [0.4, 0.5) is 0 Å². The molecule has 0 radical (unpaired) electrons. The summed E-state index contributed by atoms with van der Waals surface area (Å²) in [6.45, 7) is 6.88. The molecule has 0 aromatic rings. The van der Waals surface area contributed by atoms with Crippen molar-refractivity contribution < 1.29 is 0 Å². The summed E-state index contributed by atoms with van der Waals surface area (Å²) in [5.74, 6) is 0.887. The average molecular weight is 238 g/mol. The van der Waals surface area contributed by atoms with Crippen LogP contribution in [0, 0.1) is 5.92 Å². The second kappa shape index (κ2) is 13.8. The third-order valence-electron chi connectivity index (χ3n) is 3.49. The maximum atomic E-state index is 2.39. The fourth-order valence-electron chi connectivity index (χ4n) is 2.24. The van der Waals surface area contributed by atoms with Crippen molar-refractivity contribution in [1.82, 2.24) is 0 Å². The van der Waals surface area contributed by atoms with E-state index in [2.05, 4.69) is 32.9 Å². The highest BCUT2D eigenvalue weighted by atomic mass is 14.0. The Morgan fingerprint density at radius 2 is 1.35 bits per heavy atom. The van der Waals surface area contributed by atoms with E-state index in [1.54, 1.807) is 0 Å². The SMILES string of the molecule is CCC=CCC(C)CCCCCCCCCC. The Labute approximate surface area is 110 Å². The number of hydrogen-bond acceptors (Lipinski definition) is 0. The van der Waals surface area contributed by atoms with Crippen LogP contribution in [0.15, 0.2) is 12.2 Å². The molecule has 0 saturated carbocycles. The molecule has 0 rings (SSSR count). The lowest BCUT2D eigenvalue weighted by atomic mass is 9.98. The molecule has 0 aliphatic heterocycles. The molecule has 1 unspecified atom stereocenters. The minimum atomic E-state index is 0.887. The Kier molecular flexibility index (Phi) is 13.6. The molecule has 0 spiro atoms. The van der Waals surface area contributed by atoms with Crippen molar-refractivity contribution in [3.05, 3.63) is 12.2 Å². The van der Waals surface area contributed by atoms with Crippen molar-refractivity contribution in [2.75, 3.05) is 0 Å². The molecule has 0 aliphatic rings. The predicted molar refractivity (Wildman–Crippen MR) is 80.4 cm³/mol. The summed E-state index contributed by atoms with van der Waals surface area (Å²) in [5.41, 5.74) is 0. The number of allylic oxidation sites excluding steroid dienone is 2. The van der Waals surface area contributed by atoms with Gasteiger partial charge < -0.3 is 0 Å². The molecule has 0 aromatic heterocycles. The Hall–Kier alpha value is -0.260. The molecule has 17 heavy (non-hydrogen) atoms. The van der Waals surface area contributed by atoms with Gasteiger partial charge in [0.2, 0.25) is 0 Å². The van der Waals surface area contributed by atoms with Gasteiger partial charge in [-0.25, -0.2) is 0 Å². The van der Waals surface area contributed by atoms with E-state index >= 15 is 0 Å². The molecule has 0 fully saturated rings. The zero-order chi connectivity index (χ0) is 12.8. The molecule has 0 saturated heterocycles. The van der Waals surface area contributed by atoms with Gasteiger partial charge in [0, 0.05) is 0 Å². The van der Waals surface area contributed by atoms with Gasteiger partial charge in [0.1, 0.15) is 0 Å². The lowest BCUT2D eigenvalue weighted by molar-refractivity contribution is 0.484. The summed E-state index contributed by atoms with van der Waals surface area (Å²) in [6, 6.07) is 0. The fourth-order valence-corrected chi connectivity index (χ4v) is 2.24. The molecule has 0 bridgehead atoms. The van der Waals surface area contributed by atoms with Gasteiger partial charge in [-0.1, -0.05) is 90.7 Å². The van der Waals surface area contributed by atoms with Crippen LogP contribution < -0.4 is 0 Å². The Morgan fingerprint density at radius 1 is 0.765 bits per heavy atom. The molecular weight excluding hydrogens is 204 g/mol. The first-order valence-corrected chi connectivity index (χ1v) is 7.96. The lowest BCUT2D eigenvalue weighted by Crippen LogP contribution is -1.92. The monoisotopic (exact) mass is 238 g/mol. The molecule has 0 amide bonds. The molecule has 1 atom stereocenters. The van der Waals surface area contributed by atoms with Crippen LogP contribution >= 0.6 is 0 Å². The van der Waals surface area contributed by atoms with Crippen LogP contribution in [0.2, 0.25) is 0 Å². The Bertz CT molecular complexity index is 157. The van der Waals surface area contributed by atoms with Crippen molar-refractivity contribution >= 4 is 0 Å². The van der Waals surface area contributed by atoms with E-state index in [0.29, 0.717) is 0 Å². The molecule has 0 nitrogen and oxygen atoms in total. The summed E-state index contributed by atoms with van der Waals surface area (Å²) in [6.07, 6.45) is 20.1. The topological polar surface area (TPSA) is 0 Å². The third kappa shape index (κ3) is 13.7. The molecule has 102 valence electrons. The molecule has 0 heteroatoms. The second-order valence-electron chi connectivity index (χ2n) is 5.48. The van der Waals surface area contributed by atoms with E-state index in [9.17, 15) is 0 Å². The van der Waals surface area contributed by atoms with Gasteiger partial charge in [0.25, 0.3) is 0 Å². The van der Waals surface area contributed by atoms with E-state index in [1.165, 1.54) is 70.6 Å². The van der Waals surface area contributed by atoms with Crippen molar-refractivity contribution in [1.29, 1.82) is 0 Å². The number of hydrogen-bond donors (Lipinski definition) is 0. The predicted octanol–water partition coefficient (Wildman–Crippen LogP) is 6.51. The highest BCUT2D eigenvalue weighted by Gasteiger charge is 1.99. The molecule has 0 heterocycles. The first-order valence-electron chi connectivity index (χ1n) is 7.96. The summed E-state index contributed by atoms with van der Waals surface area (Å²) in [4.78, 5) is 0. The zero-order valence-corrected chi connectivity index (χ0v) is 12.5. The fraction of sp³-hybridized carbons (Fsp3) is 0.882. The smallest absolute Gasteiger partial charge is 0.0325 e. The van der Waals surface area contributed by atoms with E-state index in [-0.39, 0.29) is 0 Å². The molecule has 0 aliphatic carbocycles. The first-order chi connectivity index (χ1) is 8.31. The number of unbranched alkanes of at least 4 members (excludes halogenated alkanes) is 7. The standard InChI is InChI=1S/C17H34/c1-4-6-8-9-10-11-12-14-16-17(3)15-13-7-5-2/h7,13,17H,4-6,8-12,14-16H2,1-3H3. The quantitative estimate of drug-likeness (QED) is 0.268. The zero-order valence-electron chi connectivity index (χ0n) is 12.5. The van der Waals surface area contributed by atoms with Gasteiger partial charge in [-0.15, -0.1) is 0 Å². The lowest BCUT2D eigenvalue weighted by Gasteiger charge is -2.08. The third-order valence-corrected chi connectivity index (χ3v) is 3.49. The van der Waals surface area contributed by atoms with Crippen LogP contribution in [0.3, 0.4) is 0 Å². The van der Waals surface area contributed by atoms with Crippen LogP contribution in [-0.2, 0) is 0 Å². The number of rotatable bonds is 12. The van der Waals surface area contributed by atoms with Crippen molar-refractivity contribution in [3.8, 4) is 0 Å². The van der Waals surface area contributed by atoms with Crippen LogP contribution in [0.25, 0.3) is 0 Å².